The maximum atomic E-state index is 11.9. The summed E-state index contributed by atoms with van der Waals surface area (Å²) < 4.78 is 5.46. The van der Waals surface area contributed by atoms with Crippen LogP contribution >= 0.6 is 11.6 Å². The lowest BCUT2D eigenvalue weighted by Gasteiger charge is -2.13. The number of nitriles is 1. The number of nitrogens with zero attached hydrogens (tertiary/aromatic N) is 2. The lowest BCUT2D eigenvalue weighted by atomic mass is 10.1. The average Bonchev–Trinajstić information content (AvgIpc) is 2.58. The Balaban J connectivity index is 1.77. The van der Waals surface area contributed by atoms with E-state index in [1.165, 1.54) is 0 Å². The zero-order valence-electron chi connectivity index (χ0n) is 12.4. The summed E-state index contributed by atoms with van der Waals surface area (Å²) in [6.45, 7) is 0.405. The third-order valence-electron chi connectivity index (χ3n) is 3.10. The van der Waals surface area contributed by atoms with Crippen molar-refractivity contribution in [1.82, 2.24) is 10.3 Å². The molecule has 1 aromatic heterocycles. The van der Waals surface area contributed by atoms with E-state index < -0.39 is 6.04 Å². The van der Waals surface area contributed by atoms with Gasteiger partial charge in [0, 0.05) is 23.2 Å². The van der Waals surface area contributed by atoms with Crippen LogP contribution in [0.2, 0.25) is 5.02 Å². The molecule has 0 radical (unpaired) electrons. The molecule has 0 unspecified atom stereocenters. The molecule has 118 valence electrons. The van der Waals surface area contributed by atoms with Crippen LogP contribution in [-0.2, 0) is 4.79 Å². The molecule has 0 fully saturated rings. The van der Waals surface area contributed by atoms with Crippen LogP contribution in [0.25, 0.3) is 0 Å². The van der Waals surface area contributed by atoms with Crippen LogP contribution in [0.5, 0.6) is 5.75 Å². The van der Waals surface area contributed by atoms with Crippen molar-refractivity contribution in [2.75, 3.05) is 6.61 Å². The number of nitrogens with one attached hydrogen (secondary N) is 1. The first-order valence-corrected chi connectivity index (χ1v) is 7.54. The number of hydrogen-bond donors (Lipinski definition) is 1. The van der Waals surface area contributed by atoms with Gasteiger partial charge in [-0.05, 0) is 24.6 Å². The van der Waals surface area contributed by atoms with Gasteiger partial charge in [-0.2, -0.15) is 5.26 Å². The molecule has 0 saturated heterocycles. The van der Waals surface area contributed by atoms with Crippen molar-refractivity contribution >= 4 is 17.5 Å². The molecule has 0 spiro atoms. The van der Waals surface area contributed by atoms with E-state index in [2.05, 4.69) is 16.4 Å². The topological polar surface area (TPSA) is 75.0 Å². The highest BCUT2D eigenvalue weighted by Gasteiger charge is 2.16. The van der Waals surface area contributed by atoms with Crippen LogP contribution in [-0.4, -0.2) is 17.5 Å². The Morgan fingerprint density at radius 1 is 1.35 bits per heavy atom. The Bertz CT molecular complexity index is 686. The third-order valence-corrected chi connectivity index (χ3v) is 3.45. The molecule has 1 amide bonds. The molecular weight excluding hydrogens is 314 g/mol. The summed E-state index contributed by atoms with van der Waals surface area (Å²) in [5.41, 5.74) is 0.594. The Labute approximate surface area is 139 Å². The van der Waals surface area contributed by atoms with Crippen molar-refractivity contribution in [3.8, 4) is 11.8 Å². The van der Waals surface area contributed by atoms with E-state index >= 15 is 0 Å². The number of hydrogen-bond acceptors (Lipinski definition) is 4. The minimum absolute atomic E-state index is 0.216. The van der Waals surface area contributed by atoms with E-state index in [4.69, 9.17) is 16.3 Å². The zero-order valence-corrected chi connectivity index (χ0v) is 13.2. The average molecular weight is 330 g/mol. The van der Waals surface area contributed by atoms with Gasteiger partial charge >= 0.3 is 0 Å². The van der Waals surface area contributed by atoms with Gasteiger partial charge in [-0.1, -0.05) is 29.8 Å². The van der Waals surface area contributed by atoms with Gasteiger partial charge in [-0.3, -0.25) is 9.78 Å². The number of ether oxygens (including phenoxy) is 1. The summed E-state index contributed by atoms with van der Waals surface area (Å²) in [7, 11) is 0. The SMILES string of the molecule is N#C[C@@H](NC(=O)CCCOc1cccnc1)c1ccccc1Cl. The summed E-state index contributed by atoms with van der Waals surface area (Å²) in [5, 5.41) is 12.3. The number of benzene rings is 1. The van der Waals surface area contributed by atoms with Crippen LogP contribution in [0.3, 0.4) is 0 Å². The lowest BCUT2D eigenvalue weighted by molar-refractivity contribution is -0.121. The van der Waals surface area contributed by atoms with E-state index in [-0.39, 0.29) is 12.3 Å². The maximum absolute atomic E-state index is 11.9. The van der Waals surface area contributed by atoms with Crippen molar-refractivity contribution < 1.29 is 9.53 Å². The lowest BCUT2D eigenvalue weighted by Crippen LogP contribution is -2.27. The number of carbonyl (C=O) groups is 1. The zero-order chi connectivity index (χ0) is 16.5. The van der Waals surface area contributed by atoms with E-state index in [1.807, 2.05) is 0 Å². The van der Waals surface area contributed by atoms with Gasteiger partial charge in [0.1, 0.15) is 11.8 Å². The Hall–Kier alpha value is -2.58. The van der Waals surface area contributed by atoms with E-state index in [0.29, 0.717) is 29.4 Å². The molecule has 5 nitrogen and oxygen atoms in total. The van der Waals surface area contributed by atoms with E-state index in [9.17, 15) is 10.1 Å². The molecule has 1 atom stereocenters. The predicted octanol–water partition coefficient (Wildman–Crippen LogP) is 3.28. The Kier molecular flexibility index (Phi) is 6.40. The van der Waals surface area contributed by atoms with Gasteiger partial charge in [-0.25, -0.2) is 0 Å². The molecule has 0 bridgehead atoms. The summed E-state index contributed by atoms with van der Waals surface area (Å²) >= 11 is 6.05. The van der Waals surface area contributed by atoms with Crippen molar-refractivity contribution in [1.29, 1.82) is 5.26 Å². The molecule has 0 aliphatic rings. The summed E-state index contributed by atoms with van der Waals surface area (Å²) in [4.78, 5) is 15.9. The molecule has 2 aromatic rings. The number of carbonyl (C=O) groups excluding carboxylic acids is 1. The minimum atomic E-state index is -0.754. The first-order valence-electron chi connectivity index (χ1n) is 7.17. The van der Waals surface area contributed by atoms with Crippen LogP contribution in [0.15, 0.2) is 48.8 Å². The smallest absolute Gasteiger partial charge is 0.221 e. The highest BCUT2D eigenvalue weighted by Crippen LogP contribution is 2.22. The van der Waals surface area contributed by atoms with Gasteiger partial charge < -0.3 is 10.1 Å². The van der Waals surface area contributed by atoms with Gasteiger partial charge in [-0.15, -0.1) is 0 Å². The quantitative estimate of drug-likeness (QED) is 0.791. The molecule has 2 rings (SSSR count). The molecule has 6 heteroatoms. The maximum Gasteiger partial charge on any atom is 0.221 e. The molecule has 1 N–H and O–H groups in total. The van der Waals surface area contributed by atoms with E-state index in [1.54, 1.807) is 48.8 Å². The van der Waals surface area contributed by atoms with Crippen molar-refractivity contribution in [2.24, 2.45) is 0 Å². The second-order valence-electron chi connectivity index (χ2n) is 4.79. The summed E-state index contributed by atoms with van der Waals surface area (Å²) in [6.07, 6.45) is 4.09. The summed E-state index contributed by atoms with van der Waals surface area (Å²) in [5.74, 6) is 0.449. The highest BCUT2D eigenvalue weighted by atomic mass is 35.5. The third kappa shape index (κ3) is 5.28. The van der Waals surface area contributed by atoms with Gasteiger partial charge in [0.05, 0.1) is 18.9 Å². The fourth-order valence-corrected chi connectivity index (χ4v) is 2.22. The van der Waals surface area contributed by atoms with Crippen LogP contribution < -0.4 is 10.1 Å². The molecule has 1 heterocycles. The first kappa shape index (κ1) is 16.8. The van der Waals surface area contributed by atoms with Gasteiger partial charge in [0.15, 0.2) is 0 Å². The first-order chi connectivity index (χ1) is 11.2. The molecule has 1 aromatic carbocycles. The Morgan fingerprint density at radius 2 is 2.17 bits per heavy atom. The molecular formula is C17H16ClN3O2. The predicted molar refractivity (Wildman–Crippen MR) is 86.9 cm³/mol. The number of aromatic nitrogens is 1. The number of amides is 1. The van der Waals surface area contributed by atoms with Crippen molar-refractivity contribution in [2.45, 2.75) is 18.9 Å². The largest absolute Gasteiger partial charge is 0.492 e. The molecule has 0 aliphatic carbocycles. The fraction of sp³-hybridized carbons (Fsp3) is 0.235. The van der Waals surface area contributed by atoms with Crippen molar-refractivity contribution in [3.05, 3.63) is 59.4 Å². The fourth-order valence-electron chi connectivity index (χ4n) is 1.98. The normalized spacial score (nSPS) is 11.3. The minimum Gasteiger partial charge on any atom is -0.492 e. The van der Waals surface area contributed by atoms with Crippen LogP contribution in [0, 0.1) is 11.3 Å². The second-order valence-corrected chi connectivity index (χ2v) is 5.20. The second kappa shape index (κ2) is 8.76. The van der Waals surface area contributed by atoms with E-state index in [0.717, 1.165) is 0 Å². The molecule has 0 saturated carbocycles. The number of rotatable bonds is 7. The molecule has 23 heavy (non-hydrogen) atoms. The van der Waals surface area contributed by atoms with Gasteiger partial charge in [0.25, 0.3) is 0 Å². The number of pyridine rings is 1. The monoisotopic (exact) mass is 329 g/mol. The van der Waals surface area contributed by atoms with Crippen LogP contribution in [0.4, 0.5) is 0 Å². The highest BCUT2D eigenvalue weighted by molar-refractivity contribution is 6.31. The molecule has 0 aliphatic heterocycles. The van der Waals surface area contributed by atoms with Crippen LogP contribution in [0.1, 0.15) is 24.4 Å². The number of halogens is 1. The standard InChI is InChI=1S/C17H16ClN3O2/c18-15-7-2-1-6-14(15)16(11-19)21-17(22)8-4-10-23-13-5-3-9-20-12-13/h1-3,5-7,9,12,16H,4,8,10H2,(H,21,22)/t16-/m1/s1. The van der Waals surface area contributed by atoms with Crippen molar-refractivity contribution in [3.63, 3.8) is 0 Å². The summed E-state index contributed by atoms with van der Waals surface area (Å²) in [6, 6.07) is 11.8. The van der Waals surface area contributed by atoms with Gasteiger partial charge in [0.2, 0.25) is 5.91 Å². The Morgan fingerprint density at radius 3 is 2.87 bits per heavy atom.